The van der Waals surface area contributed by atoms with E-state index in [0.717, 1.165) is 31.7 Å². The van der Waals surface area contributed by atoms with Gasteiger partial charge in [0.2, 0.25) is 11.0 Å². The number of para-hydroxylation sites is 1. The fraction of sp³-hybridized carbons (Fsp3) is 0. The second-order valence-electron chi connectivity index (χ2n) is 5.87. The lowest BCUT2D eigenvalue weighted by atomic mass is 9.94. The molecule has 0 saturated heterocycles. The van der Waals surface area contributed by atoms with Crippen LogP contribution >= 0.6 is 0 Å². The first-order chi connectivity index (χ1) is 11.7. The molecule has 5 rings (SSSR count). The minimum absolute atomic E-state index is 0.0579. The van der Waals surface area contributed by atoms with Gasteiger partial charge in [-0.15, -0.1) is 0 Å². The molecule has 5 aromatic rings. The standard InChI is InChI=1S/C19H10N2O3/c22-20-15-4-2-1-3-12(15)13-7-8-14-16(21(23)24)9-5-11-6-10-17(20)19(13)18(11)14/h1-10H. The van der Waals surface area contributed by atoms with Gasteiger partial charge < -0.3 is 5.21 Å². The Labute approximate surface area is 135 Å². The van der Waals surface area contributed by atoms with E-state index in [4.69, 9.17) is 0 Å². The summed E-state index contributed by atoms with van der Waals surface area (Å²) >= 11 is 0. The molecule has 24 heavy (non-hydrogen) atoms. The number of pyridine rings is 1. The van der Waals surface area contributed by atoms with Crippen molar-refractivity contribution in [3.63, 3.8) is 0 Å². The second-order valence-corrected chi connectivity index (χ2v) is 5.87. The highest BCUT2D eigenvalue weighted by atomic mass is 16.6. The smallest absolute Gasteiger partial charge is 0.277 e. The molecule has 0 aliphatic carbocycles. The van der Waals surface area contributed by atoms with Crippen LogP contribution < -0.4 is 4.73 Å². The van der Waals surface area contributed by atoms with Crippen LogP contribution in [0.1, 0.15) is 0 Å². The van der Waals surface area contributed by atoms with Crippen LogP contribution in [0.4, 0.5) is 5.69 Å². The molecular formula is C19H10N2O3. The Bertz CT molecular complexity index is 1290. The number of non-ortho nitro benzene ring substituents is 1. The van der Waals surface area contributed by atoms with Crippen LogP contribution in [0.2, 0.25) is 0 Å². The predicted octanol–water partition coefficient (Wildman–Crippen LogP) is 4.28. The van der Waals surface area contributed by atoms with Crippen LogP contribution in [-0.4, -0.2) is 4.92 Å². The zero-order valence-electron chi connectivity index (χ0n) is 12.4. The van der Waals surface area contributed by atoms with Gasteiger partial charge in [0.1, 0.15) is 0 Å². The summed E-state index contributed by atoms with van der Waals surface area (Å²) in [6.07, 6.45) is 0. The summed E-state index contributed by atoms with van der Waals surface area (Å²) in [6.45, 7) is 0. The van der Waals surface area contributed by atoms with Crippen molar-refractivity contribution in [2.75, 3.05) is 0 Å². The predicted molar refractivity (Wildman–Crippen MR) is 93.3 cm³/mol. The molecule has 0 radical (unpaired) electrons. The van der Waals surface area contributed by atoms with E-state index in [1.807, 2.05) is 30.3 Å². The highest BCUT2D eigenvalue weighted by molar-refractivity contribution is 6.27. The van der Waals surface area contributed by atoms with Crippen LogP contribution in [0, 0.1) is 15.3 Å². The lowest BCUT2D eigenvalue weighted by Crippen LogP contribution is -2.28. The third-order valence-electron chi connectivity index (χ3n) is 4.70. The average molecular weight is 314 g/mol. The SMILES string of the molecule is O=[N+]([O-])c1ccc2ccc3c4c(ccc1c24)c1ccccc1[n+]3[O-]. The number of nitro benzene ring substituents is 1. The normalized spacial score (nSPS) is 11.8. The monoisotopic (exact) mass is 314 g/mol. The maximum absolute atomic E-state index is 12.8. The number of fused-ring (bicyclic) bond motifs is 2. The van der Waals surface area contributed by atoms with Crippen LogP contribution in [0.5, 0.6) is 0 Å². The lowest BCUT2D eigenvalue weighted by Gasteiger charge is -2.13. The van der Waals surface area contributed by atoms with Gasteiger partial charge in [-0.3, -0.25) is 10.1 Å². The molecule has 114 valence electrons. The van der Waals surface area contributed by atoms with E-state index in [1.54, 1.807) is 24.3 Å². The molecule has 0 aliphatic rings. The molecule has 1 aromatic heterocycles. The first kappa shape index (κ1) is 13.0. The third kappa shape index (κ3) is 1.46. The number of hydrogen-bond donors (Lipinski definition) is 0. The van der Waals surface area contributed by atoms with Gasteiger partial charge in [0.15, 0.2) is 0 Å². The van der Waals surface area contributed by atoms with Gasteiger partial charge in [0.25, 0.3) is 5.69 Å². The van der Waals surface area contributed by atoms with Crippen molar-refractivity contribution in [3.8, 4) is 0 Å². The summed E-state index contributed by atoms with van der Waals surface area (Å²) < 4.78 is 0.912. The molecule has 0 spiro atoms. The fourth-order valence-electron chi connectivity index (χ4n) is 3.68. The van der Waals surface area contributed by atoms with Crippen molar-refractivity contribution >= 4 is 49.0 Å². The highest BCUT2D eigenvalue weighted by Crippen LogP contribution is 2.39. The Kier molecular flexibility index (Phi) is 2.33. The molecule has 5 heteroatoms. The first-order valence-electron chi connectivity index (χ1n) is 7.53. The Morgan fingerprint density at radius 1 is 0.750 bits per heavy atom. The van der Waals surface area contributed by atoms with Crippen molar-refractivity contribution in [3.05, 3.63) is 76.0 Å². The maximum atomic E-state index is 12.8. The summed E-state index contributed by atoms with van der Waals surface area (Å²) in [5, 5.41) is 29.0. The Morgan fingerprint density at radius 3 is 2.33 bits per heavy atom. The van der Waals surface area contributed by atoms with E-state index in [0.29, 0.717) is 16.4 Å². The first-order valence-corrected chi connectivity index (χ1v) is 7.53. The van der Waals surface area contributed by atoms with Gasteiger partial charge in [0.05, 0.1) is 21.1 Å². The van der Waals surface area contributed by atoms with Gasteiger partial charge in [0, 0.05) is 29.0 Å². The Morgan fingerprint density at radius 2 is 1.50 bits per heavy atom. The maximum Gasteiger partial charge on any atom is 0.277 e. The van der Waals surface area contributed by atoms with E-state index in [-0.39, 0.29) is 10.6 Å². The molecular weight excluding hydrogens is 304 g/mol. The summed E-state index contributed by atoms with van der Waals surface area (Å²) in [6, 6.07) is 18.0. The number of benzene rings is 4. The topological polar surface area (TPSA) is 70.1 Å². The summed E-state index contributed by atoms with van der Waals surface area (Å²) in [5.41, 5.74) is 1.18. The van der Waals surface area contributed by atoms with E-state index < -0.39 is 0 Å². The van der Waals surface area contributed by atoms with Crippen LogP contribution in [0.3, 0.4) is 0 Å². The number of hydrogen-bond acceptors (Lipinski definition) is 3. The van der Waals surface area contributed by atoms with Crippen LogP contribution in [0.15, 0.2) is 60.7 Å². The minimum atomic E-state index is -0.380. The average Bonchev–Trinajstić information content (AvgIpc) is 2.61. The van der Waals surface area contributed by atoms with E-state index >= 15 is 0 Å². The number of nitrogens with zero attached hydrogens (tertiary/aromatic N) is 2. The fourth-order valence-corrected chi connectivity index (χ4v) is 3.68. The Balaban J connectivity index is 2.18. The van der Waals surface area contributed by atoms with E-state index in [1.165, 1.54) is 6.07 Å². The molecule has 0 atom stereocenters. The van der Waals surface area contributed by atoms with Crippen molar-refractivity contribution in [1.29, 1.82) is 0 Å². The lowest BCUT2D eigenvalue weighted by molar-refractivity contribution is -0.547. The van der Waals surface area contributed by atoms with Gasteiger partial charge in [-0.05, 0) is 29.7 Å². The molecule has 4 aromatic carbocycles. The Hall–Kier alpha value is -3.47. The van der Waals surface area contributed by atoms with Crippen molar-refractivity contribution in [1.82, 2.24) is 0 Å². The number of rotatable bonds is 1. The van der Waals surface area contributed by atoms with E-state index in [2.05, 4.69) is 0 Å². The number of aromatic nitrogens is 1. The molecule has 0 bridgehead atoms. The zero-order chi connectivity index (χ0) is 16.4. The molecule has 0 saturated carbocycles. The summed E-state index contributed by atoms with van der Waals surface area (Å²) in [5.74, 6) is 0. The second kappa shape index (κ2) is 4.29. The van der Waals surface area contributed by atoms with Crippen LogP contribution in [-0.2, 0) is 0 Å². The quantitative estimate of drug-likeness (QED) is 0.116. The van der Waals surface area contributed by atoms with Crippen LogP contribution in [0.25, 0.3) is 43.4 Å². The summed E-state index contributed by atoms with van der Waals surface area (Å²) in [4.78, 5) is 11.0. The van der Waals surface area contributed by atoms with E-state index in [9.17, 15) is 15.3 Å². The van der Waals surface area contributed by atoms with Crippen molar-refractivity contribution in [2.45, 2.75) is 0 Å². The molecule has 0 N–H and O–H groups in total. The van der Waals surface area contributed by atoms with Crippen molar-refractivity contribution in [2.24, 2.45) is 0 Å². The minimum Gasteiger partial charge on any atom is -0.618 e. The molecule has 0 fully saturated rings. The third-order valence-corrected chi connectivity index (χ3v) is 4.70. The van der Waals surface area contributed by atoms with Gasteiger partial charge in [-0.1, -0.05) is 18.2 Å². The molecule has 0 aliphatic heterocycles. The highest BCUT2D eigenvalue weighted by Gasteiger charge is 2.22. The molecule has 1 heterocycles. The van der Waals surface area contributed by atoms with Gasteiger partial charge in [-0.2, -0.15) is 4.73 Å². The zero-order valence-corrected chi connectivity index (χ0v) is 12.4. The van der Waals surface area contributed by atoms with Crippen molar-refractivity contribution < 1.29 is 9.65 Å². The largest absolute Gasteiger partial charge is 0.618 e. The summed E-state index contributed by atoms with van der Waals surface area (Å²) in [7, 11) is 0. The van der Waals surface area contributed by atoms with Gasteiger partial charge in [-0.25, -0.2) is 0 Å². The molecule has 0 unspecified atom stereocenters. The molecule has 5 nitrogen and oxygen atoms in total. The molecule has 0 amide bonds. The number of nitro groups is 1. The van der Waals surface area contributed by atoms with Gasteiger partial charge >= 0.3 is 0 Å².